The maximum absolute atomic E-state index is 4.64. The van der Waals surface area contributed by atoms with Crippen LogP contribution >= 0.6 is 8.58 Å². The summed E-state index contributed by atoms with van der Waals surface area (Å²) in [5.41, 5.74) is 4.13. The number of hydrogen-bond acceptors (Lipinski definition) is 1. The van der Waals surface area contributed by atoms with Gasteiger partial charge in [0.1, 0.15) is 0 Å². The molecule has 98 valence electrons. The molecule has 2 rings (SSSR count). The number of aromatic nitrogens is 1. The highest BCUT2D eigenvalue weighted by molar-refractivity contribution is 7.45. The molecule has 1 atom stereocenters. The highest BCUT2D eigenvalue weighted by atomic mass is 31.1. The Balaban J connectivity index is 0.000000450. The SMILES string of the molecule is CC.CCC.CPc1ccc2c(n1)CCCC2. The van der Waals surface area contributed by atoms with Gasteiger partial charge in [-0.15, -0.1) is 0 Å². The molecule has 0 bridgehead atoms. The fourth-order valence-corrected chi connectivity index (χ4v) is 2.22. The number of aryl methyl sites for hydroxylation is 2. The van der Waals surface area contributed by atoms with E-state index in [-0.39, 0.29) is 0 Å². The van der Waals surface area contributed by atoms with Crippen molar-refractivity contribution in [2.24, 2.45) is 0 Å². The lowest BCUT2D eigenvalue weighted by molar-refractivity contribution is 0.670. The van der Waals surface area contributed by atoms with Crippen LogP contribution < -0.4 is 5.44 Å². The first-order chi connectivity index (χ1) is 8.31. The standard InChI is InChI=1S/C10H14NP.C3H8.C2H6/c1-12-10-7-6-8-4-2-3-5-9(8)11-10;1-3-2;1-2/h6-7,12H,2-5H2,1H3;3H2,1-2H3;1-2H3. The van der Waals surface area contributed by atoms with Crippen LogP contribution in [0.2, 0.25) is 0 Å². The van der Waals surface area contributed by atoms with E-state index in [0.29, 0.717) is 0 Å². The average molecular weight is 253 g/mol. The van der Waals surface area contributed by atoms with Crippen LogP contribution in [0.4, 0.5) is 0 Å². The maximum atomic E-state index is 4.64. The highest BCUT2D eigenvalue weighted by Gasteiger charge is 2.09. The Morgan fingerprint density at radius 3 is 2.29 bits per heavy atom. The normalized spacial score (nSPS) is 13.2. The first kappa shape index (κ1) is 16.6. The maximum Gasteiger partial charge on any atom is 0.0600 e. The smallest absolute Gasteiger partial charge is 0.0600 e. The Hall–Kier alpha value is -0.420. The lowest BCUT2D eigenvalue weighted by Gasteiger charge is -2.14. The molecule has 1 heterocycles. The van der Waals surface area contributed by atoms with Crippen LogP contribution in [0.1, 0.15) is 58.2 Å². The van der Waals surface area contributed by atoms with E-state index in [2.05, 4.69) is 37.6 Å². The van der Waals surface area contributed by atoms with E-state index >= 15 is 0 Å². The van der Waals surface area contributed by atoms with Gasteiger partial charge in [-0.25, -0.2) is 0 Å². The zero-order valence-electron chi connectivity index (χ0n) is 12.1. The molecule has 0 aromatic carbocycles. The van der Waals surface area contributed by atoms with Gasteiger partial charge >= 0.3 is 0 Å². The predicted octanol–water partition coefficient (Wildman–Crippen LogP) is 4.34. The quantitative estimate of drug-likeness (QED) is 0.679. The molecule has 0 N–H and O–H groups in total. The van der Waals surface area contributed by atoms with Crippen molar-refractivity contribution in [2.75, 3.05) is 6.66 Å². The number of fused-ring (bicyclic) bond motifs is 1. The van der Waals surface area contributed by atoms with E-state index in [1.165, 1.54) is 48.8 Å². The summed E-state index contributed by atoms with van der Waals surface area (Å²) in [6, 6.07) is 4.45. The zero-order valence-corrected chi connectivity index (χ0v) is 13.1. The van der Waals surface area contributed by atoms with Gasteiger partial charge in [-0.3, -0.25) is 4.98 Å². The van der Waals surface area contributed by atoms with Gasteiger partial charge in [-0.2, -0.15) is 0 Å². The van der Waals surface area contributed by atoms with Crippen molar-refractivity contribution in [3.05, 3.63) is 23.4 Å². The average Bonchev–Trinajstić information content (AvgIpc) is 2.41. The number of rotatable bonds is 1. The summed E-state index contributed by atoms with van der Waals surface area (Å²) in [5, 5.41) is 0. The van der Waals surface area contributed by atoms with Crippen LogP contribution in [0.25, 0.3) is 0 Å². The molecule has 2 heteroatoms. The fourth-order valence-electron chi connectivity index (χ4n) is 1.72. The Kier molecular flexibility index (Phi) is 10.5. The summed E-state index contributed by atoms with van der Waals surface area (Å²) >= 11 is 0. The largest absolute Gasteiger partial charge is 0.253 e. The summed E-state index contributed by atoms with van der Waals surface area (Å²) in [6.45, 7) is 10.4. The first-order valence-electron chi connectivity index (χ1n) is 6.98. The zero-order chi connectivity index (χ0) is 13.1. The minimum Gasteiger partial charge on any atom is -0.253 e. The predicted molar refractivity (Wildman–Crippen MR) is 82.1 cm³/mol. The molecule has 1 nitrogen and oxygen atoms in total. The van der Waals surface area contributed by atoms with Gasteiger partial charge in [0.2, 0.25) is 0 Å². The van der Waals surface area contributed by atoms with Crippen LogP contribution in [0, 0.1) is 0 Å². The summed E-state index contributed by atoms with van der Waals surface area (Å²) in [6.07, 6.45) is 6.38. The Morgan fingerprint density at radius 2 is 1.71 bits per heavy atom. The van der Waals surface area contributed by atoms with Gasteiger partial charge in [-0.1, -0.05) is 48.8 Å². The van der Waals surface area contributed by atoms with E-state index < -0.39 is 0 Å². The van der Waals surface area contributed by atoms with Crippen molar-refractivity contribution in [2.45, 2.75) is 59.8 Å². The van der Waals surface area contributed by atoms with E-state index in [1.54, 1.807) is 0 Å². The molecule has 0 spiro atoms. The lowest BCUT2D eigenvalue weighted by Crippen LogP contribution is -2.11. The van der Waals surface area contributed by atoms with E-state index in [9.17, 15) is 0 Å². The third kappa shape index (κ3) is 6.17. The van der Waals surface area contributed by atoms with E-state index in [0.717, 1.165) is 8.58 Å². The molecule has 17 heavy (non-hydrogen) atoms. The van der Waals surface area contributed by atoms with Gasteiger partial charge in [0.05, 0.1) is 5.44 Å². The van der Waals surface area contributed by atoms with Crippen LogP contribution in [0.5, 0.6) is 0 Å². The molecule has 1 aliphatic rings. The minimum atomic E-state index is 0.840. The van der Waals surface area contributed by atoms with Crippen LogP contribution in [0.15, 0.2) is 12.1 Å². The molecule has 0 fully saturated rings. The second kappa shape index (κ2) is 10.7. The van der Waals surface area contributed by atoms with Crippen molar-refractivity contribution in [1.82, 2.24) is 4.98 Å². The fraction of sp³-hybridized carbons (Fsp3) is 0.667. The molecule has 1 aliphatic carbocycles. The first-order valence-corrected chi connectivity index (χ1v) is 8.48. The van der Waals surface area contributed by atoms with Crippen LogP contribution in [-0.2, 0) is 12.8 Å². The van der Waals surface area contributed by atoms with Crippen LogP contribution in [-0.4, -0.2) is 11.6 Å². The van der Waals surface area contributed by atoms with Gasteiger partial charge in [0, 0.05) is 5.69 Å². The van der Waals surface area contributed by atoms with Crippen molar-refractivity contribution >= 4 is 14.0 Å². The number of hydrogen-bond donors (Lipinski definition) is 0. The van der Waals surface area contributed by atoms with Crippen molar-refractivity contribution in [3.63, 3.8) is 0 Å². The minimum absolute atomic E-state index is 0.840. The molecule has 1 unspecified atom stereocenters. The molecule has 0 radical (unpaired) electrons. The third-order valence-corrected chi connectivity index (χ3v) is 3.23. The van der Waals surface area contributed by atoms with Gasteiger partial charge in [0.25, 0.3) is 0 Å². The Bertz CT molecular complexity index is 297. The summed E-state index contributed by atoms with van der Waals surface area (Å²) in [7, 11) is 0.840. The number of pyridine rings is 1. The molecular weight excluding hydrogens is 225 g/mol. The third-order valence-electron chi connectivity index (χ3n) is 2.43. The van der Waals surface area contributed by atoms with Crippen LogP contribution in [0.3, 0.4) is 0 Å². The second-order valence-corrected chi connectivity index (χ2v) is 4.98. The second-order valence-electron chi connectivity index (χ2n) is 3.97. The molecule has 0 amide bonds. The summed E-state index contributed by atoms with van der Waals surface area (Å²) in [4.78, 5) is 4.64. The molecule has 0 saturated carbocycles. The van der Waals surface area contributed by atoms with E-state index in [4.69, 9.17) is 0 Å². The Morgan fingerprint density at radius 1 is 1.12 bits per heavy atom. The highest BCUT2D eigenvalue weighted by Crippen LogP contribution is 2.18. The van der Waals surface area contributed by atoms with Gasteiger partial charge in [0.15, 0.2) is 0 Å². The monoisotopic (exact) mass is 253 g/mol. The van der Waals surface area contributed by atoms with Gasteiger partial charge in [-0.05, 0) is 44.0 Å². The van der Waals surface area contributed by atoms with Crippen molar-refractivity contribution in [1.29, 1.82) is 0 Å². The summed E-state index contributed by atoms with van der Waals surface area (Å²) in [5.74, 6) is 0. The Labute approximate surface area is 109 Å². The molecular formula is C15H28NP. The molecule has 0 saturated heterocycles. The van der Waals surface area contributed by atoms with Gasteiger partial charge < -0.3 is 0 Å². The molecule has 0 aliphatic heterocycles. The topological polar surface area (TPSA) is 12.9 Å². The molecule has 1 aromatic rings. The number of nitrogens with zero attached hydrogens (tertiary/aromatic N) is 1. The van der Waals surface area contributed by atoms with Crippen molar-refractivity contribution in [3.8, 4) is 0 Å². The lowest BCUT2D eigenvalue weighted by atomic mass is 9.96. The summed E-state index contributed by atoms with van der Waals surface area (Å²) < 4.78 is 0. The van der Waals surface area contributed by atoms with E-state index in [1.807, 2.05) is 13.8 Å². The molecule has 1 aromatic heterocycles. The van der Waals surface area contributed by atoms with Crippen molar-refractivity contribution < 1.29 is 0 Å².